The highest BCUT2D eigenvalue weighted by atomic mass is 16.5. The summed E-state index contributed by atoms with van der Waals surface area (Å²) < 4.78 is 16.1. The number of ether oxygens (including phenoxy) is 3. The molecule has 2 atom stereocenters. The van der Waals surface area contributed by atoms with Crippen LogP contribution in [0.2, 0.25) is 0 Å². The van der Waals surface area contributed by atoms with Gasteiger partial charge in [-0.3, -0.25) is 9.69 Å². The zero-order chi connectivity index (χ0) is 16.4. The van der Waals surface area contributed by atoms with Crippen LogP contribution in [0.15, 0.2) is 18.2 Å². The highest BCUT2D eigenvalue weighted by Crippen LogP contribution is 2.43. The molecule has 23 heavy (non-hydrogen) atoms. The Bertz CT molecular complexity index is 568. The summed E-state index contributed by atoms with van der Waals surface area (Å²) in [6, 6.07) is 5.77. The summed E-state index contributed by atoms with van der Waals surface area (Å²) in [7, 11) is 3.25. The highest BCUT2D eigenvalue weighted by Gasteiger charge is 2.53. The minimum Gasteiger partial charge on any atom is -0.497 e. The summed E-state index contributed by atoms with van der Waals surface area (Å²) in [5.74, 6) is 0.845. The Hall–Kier alpha value is -1.79. The van der Waals surface area contributed by atoms with Gasteiger partial charge in [0.25, 0.3) is 0 Å². The third-order valence-corrected chi connectivity index (χ3v) is 5.02. The van der Waals surface area contributed by atoms with Crippen molar-refractivity contribution < 1.29 is 24.1 Å². The Balaban J connectivity index is 1.78. The van der Waals surface area contributed by atoms with Gasteiger partial charge >= 0.3 is 5.97 Å². The molecule has 1 aromatic rings. The summed E-state index contributed by atoms with van der Waals surface area (Å²) >= 11 is 0. The third kappa shape index (κ3) is 3.01. The first-order valence-electron chi connectivity index (χ1n) is 7.83. The molecule has 1 N–H and O–H groups in total. The van der Waals surface area contributed by atoms with Crippen molar-refractivity contribution in [2.75, 3.05) is 40.5 Å². The van der Waals surface area contributed by atoms with Crippen LogP contribution in [0.5, 0.6) is 11.5 Å². The summed E-state index contributed by atoms with van der Waals surface area (Å²) in [4.78, 5) is 14.0. The van der Waals surface area contributed by atoms with Crippen molar-refractivity contribution in [2.24, 2.45) is 11.3 Å². The number of methoxy groups -OCH3 is 2. The lowest BCUT2D eigenvalue weighted by molar-refractivity contribution is -0.157. The average Bonchev–Trinajstić information content (AvgIpc) is 2.93. The smallest absolute Gasteiger partial charge is 0.311 e. The lowest BCUT2D eigenvalue weighted by atomic mass is 9.74. The van der Waals surface area contributed by atoms with Gasteiger partial charge < -0.3 is 19.3 Å². The fourth-order valence-electron chi connectivity index (χ4n) is 3.74. The molecule has 3 rings (SSSR count). The zero-order valence-electron chi connectivity index (χ0n) is 13.6. The maximum absolute atomic E-state index is 11.8. The number of hydrogen-bond acceptors (Lipinski definition) is 5. The number of hydrogen-bond donors (Lipinski definition) is 1. The summed E-state index contributed by atoms with van der Waals surface area (Å²) in [5, 5.41) is 9.73. The number of benzene rings is 1. The predicted molar refractivity (Wildman–Crippen MR) is 83.8 cm³/mol. The number of likely N-dealkylation sites (tertiary alicyclic amines) is 1. The highest BCUT2D eigenvalue weighted by molar-refractivity contribution is 5.76. The Kier molecular flexibility index (Phi) is 4.46. The molecule has 0 radical (unpaired) electrons. The SMILES string of the molecule is COc1cc(CN2C[C@@H]3COCC[C@]3(C(=O)O)C2)cc(OC)c1. The third-order valence-electron chi connectivity index (χ3n) is 5.02. The molecule has 0 unspecified atom stereocenters. The van der Waals surface area contributed by atoms with Crippen molar-refractivity contribution in [2.45, 2.75) is 13.0 Å². The molecular weight excluding hydrogens is 298 g/mol. The second kappa shape index (κ2) is 6.37. The van der Waals surface area contributed by atoms with Crippen molar-refractivity contribution in [1.29, 1.82) is 0 Å². The maximum Gasteiger partial charge on any atom is 0.311 e. The second-order valence-corrected chi connectivity index (χ2v) is 6.37. The van der Waals surface area contributed by atoms with Gasteiger partial charge in [-0.1, -0.05) is 0 Å². The van der Waals surface area contributed by atoms with E-state index >= 15 is 0 Å². The number of carbonyl (C=O) groups is 1. The molecule has 0 bridgehead atoms. The molecule has 2 heterocycles. The van der Waals surface area contributed by atoms with Crippen LogP contribution in [-0.4, -0.2) is 56.5 Å². The van der Waals surface area contributed by atoms with Gasteiger partial charge in [0, 0.05) is 38.2 Å². The first-order chi connectivity index (χ1) is 11.1. The molecule has 0 saturated carbocycles. The summed E-state index contributed by atoms with van der Waals surface area (Å²) in [6.07, 6.45) is 0.588. The monoisotopic (exact) mass is 321 g/mol. The number of rotatable bonds is 5. The van der Waals surface area contributed by atoms with E-state index in [-0.39, 0.29) is 5.92 Å². The Morgan fingerprint density at radius 1 is 1.35 bits per heavy atom. The predicted octanol–water partition coefficient (Wildman–Crippen LogP) is 1.63. The fraction of sp³-hybridized carbons (Fsp3) is 0.588. The van der Waals surface area contributed by atoms with Gasteiger partial charge in [-0.25, -0.2) is 0 Å². The van der Waals surface area contributed by atoms with Crippen LogP contribution in [0.4, 0.5) is 0 Å². The molecule has 1 aromatic carbocycles. The van der Waals surface area contributed by atoms with Crippen molar-refractivity contribution in [3.8, 4) is 11.5 Å². The number of nitrogens with zero attached hydrogens (tertiary/aromatic N) is 1. The van der Waals surface area contributed by atoms with Crippen molar-refractivity contribution in [3.05, 3.63) is 23.8 Å². The first-order valence-corrected chi connectivity index (χ1v) is 7.83. The summed E-state index contributed by atoms with van der Waals surface area (Å²) in [6.45, 7) is 3.05. The molecule has 2 aliphatic heterocycles. The summed E-state index contributed by atoms with van der Waals surface area (Å²) in [5.41, 5.74) is 0.391. The van der Waals surface area contributed by atoms with Gasteiger partial charge in [-0.05, 0) is 24.1 Å². The first kappa shape index (κ1) is 16.1. The topological polar surface area (TPSA) is 68.2 Å². The van der Waals surface area contributed by atoms with Crippen LogP contribution in [0.1, 0.15) is 12.0 Å². The number of aliphatic carboxylic acids is 1. The quantitative estimate of drug-likeness (QED) is 0.889. The van der Waals surface area contributed by atoms with E-state index in [2.05, 4.69) is 4.90 Å². The van der Waals surface area contributed by atoms with E-state index in [1.165, 1.54) is 0 Å². The molecule has 0 aromatic heterocycles. The number of carboxylic acid groups (broad SMARTS) is 1. The molecule has 0 spiro atoms. The maximum atomic E-state index is 11.8. The molecule has 0 amide bonds. The average molecular weight is 321 g/mol. The second-order valence-electron chi connectivity index (χ2n) is 6.37. The van der Waals surface area contributed by atoms with Crippen LogP contribution < -0.4 is 9.47 Å². The van der Waals surface area contributed by atoms with Crippen molar-refractivity contribution in [3.63, 3.8) is 0 Å². The normalized spacial score (nSPS) is 27.5. The van der Waals surface area contributed by atoms with Gasteiger partial charge in [-0.15, -0.1) is 0 Å². The molecular formula is C17H23NO5. The largest absolute Gasteiger partial charge is 0.497 e. The molecule has 2 saturated heterocycles. The Morgan fingerprint density at radius 2 is 2.04 bits per heavy atom. The molecule has 0 aliphatic carbocycles. The number of fused-ring (bicyclic) bond motifs is 1. The van der Waals surface area contributed by atoms with E-state index in [4.69, 9.17) is 14.2 Å². The lowest BCUT2D eigenvalue weighted by Crippen LogP contribution is -2.44. The fourth-order valence-corrected chi connectivity index (χ4v) is 3.74. The van der Waals surface area contributed by atoms with Gasteiger partial charge in [-0.2, -0.15) is 0 Å². The molecule has 6 heteroatoms. The lowest BCUT2D eigenvalue weighted by Gasteiger charge is -2.34. The van der Waals surface area contributed by atoms with Gasteiger partial charge in [0.05, 0.1) is 26.2 Å². The standard InChI is InChI=1S/C17H23NO5/c1-21-14-5-12(6-15(7-14)22-2)8-18-9-13-10-23-4-3-17(13,11-18)16(19)20/h5-7,13H,3-4,8-11H2,1-2H3,(H,19,20)/t13-,17+/m1/s1. The van der Waals surface area contributed by atoms with Crippen molar-refractivity contribution in [1.82, 2.24) is 4.90 Å². The van der Waals surface area contributed by atoms with Gasteiger partial charge in [0.2, 0.25) is 0 Å². The van der Waals surface area contributed by atoms with Crippen LogP contribution in [-0.2, 0) is 16.1 Å². The molecule has 6 nitrogen and oxygen atoms in total. The minimum atomic E-state index is -0.698. The van der Waals surface area contributed by atoms with E-state index in [0.29, 0.717) is 32.7 Å². The van der Waals surface area contributed by atoms with E-state index in [1.807, 2.05) is 18.2 Å². The Morgan fingerprint density at radius 3 is 2.61 bits per heavy atom. The van der Waals surface area contributed by atoms with E-state index < -0.39 is 11.4 Å². The Labute approximate surface area is 135 Å². The van der Waals surface area contributed by atoms with E-state index in [0.717, 1.165) is 23.6 Å². The molecule has 2 aliphatic rings. The molecule has 2 fully saturated rings. The molecule has 126 valence electrons. The van der Waals surface area contributed by atoms with Gasteiger partial charge in [0.15, 0.2) is 0 Å². The van der Waals surface area contributed by atoms with Crippen LogP contribution in [0.25, 0.3) is 0 Å². The van der Waals surface area contributed by atoms with Gasteiger partial charge in [0.1, 0.15) is 11.5 Å². The van der Waals surface area contributed by atoms with Crippen LogP contribution >= 0.6 is 0 Å². The van der Waals surface area contributed by atoms with Crippen LogP contribution in [0.3, 0.4) is 0 Å². The van der Waals surface area contributed by atoms with Crippen LogP contribution in [0, 0.1) is 11.3 Å². The van der Waals surface area contributed by atoms with E-state index in [9.17, 15) is 9.90 Å². The van der Waals surface area contributed by atoms with Crippen molar-refractivity contribution >= 4 is 5.97 Å². The van der Waals surface area contributed by atoms with E-state index in [1.54, 1.807) is 14.2 Å². The minimum absolute atomic E-state index is 0.0567. The zero-order valence-corrected chi connectivity index (χ0v) is 13.6. The number of carboxylic acids is 1.